The smallest absolute Gasteiger partial charge is 0.191 e. The number of thiazole rings is 1. The van der Waals surface area contributed by atoms with Crippen LogP contribution in [0.15, 0.2) is 11.2 Å². The van der Waals surface area contributed by atoms with E-state index in [1.54, 1.807) is 25.5 Å². The summed E-state index contributed by atoms with van der Waals surface area (Å²) in [4.78, 5) is 9.59. The molecule has 0 unspecified atom stereocenters. The Morgan fingerprint density at radius 1 is 1.56 bits per heavy atom. The first-order valence-corrected chi connectivity index (χ1v) is 5.92. The number of hydrogen-bond donors (Lipinski definition) is 2. The van der Waals surface area contributed by atoms with Gasteiger partial charge >= 0.3 is 0 Å². The summed E-state index contributed by atoms with van der Waals surface area (Å²) >= 11 is 1.69. The number of aryl methyl sites for hydroxylation is 1. The molecule has 2 N–H and O–H groups in total. The molecule has 0 atom stereocenters. The molecule has 16 heavy (non-hydrogen) atoms. The van der Waals surface area contributed by atoms with Gasteiger partial charge in [-0.1, -0.05) is 0 Å². The van der Waals surface area contributed by atoms with Crippen molar-refractivity contribution in [3.8, 4) is 0 Å². The molecule has 0 saturated carbocycles. The van der Waals surface area contributed by atoms with Crippen molar-refractivity contribution >= 4 is 17.3 Å². The van der Waals surface area contributed by atoms with Gasteiger partial charge in [-0.05, 0) is 6.92 Å². The summed E-state index contributed by atoms with van der Waals surface area (Å²) in [5.74, 6) is 0.768. The van der Waals surface area contributed by atoms with Gasteiger partial charge in [-0.3, -0.25) is 4.99 Å². The molecule has 0 aliphatic heterocycles. The second-order valence-electron chi connectivity index (χ2n) is 3.21. The lowest BCUT2D eigenvalue weighted by atomic mass is 10.6. The highest BCUT2D eigenvalue weighted by molar-refractivity contribution is 7.11. The Morgan fingerprint density at radius 2 is 2.38 bits per heavy atom. The molecule has 0 saturated heterocycles. The van der Waals surface area contributed by atoms with Crippen LogP contribution in [0.25, 0.3) is 0 Å². The summed E-state index contributed by atoms with van der Waals surface area (Å²) in [7, 11) is 3.42. The van der Waals surface area contributed by atoms with Gasteiger partial charge in [-0.25, -0.2) is 4.98 Å². The largest absolute Gasteiger partial charge is 0.383 e. The van der Waals surface area contributed by atoms with Crippen molar-refractivity contribution < 1.29 is 4.74 Å². The van der Waals surface area contributed by atoms with E-state index in [4.69, 9.17) is 4.74 Å². The average Bonchev–Trinajstić information content (AvgIpc) is 2.69. The maximum absolute atomic E-state index is 4.95. The third-order valence-corrected chi connectivity index (χ3v) is 2.81. The summed E-state index contributed by atoms with van der Waals surface area (Å²) in [5.41, 5.74) is 0. The predicted molar refractivity (Wildman–Crippen MR) is 66.9 cm³/mol. The molecule has 0 aliphatic rings. The minimum absolute atomic E-state index is 0.664. The van der Waals surface area contributed by atoms with E-state index in [0.29, 0.717) is 13.2 Å². The van der Waals surface area contributed by atoms with Gasteiger partial charge < -0.3 is 15.4 Å². The van der Waals surface area contributed by atoms with Crippen molar-refractivity contribution in [3.63, 3.8) is 0 Å². The highest BCUT2D eigenvalue weighted by atomic mass is 32.1. The zero-order valence-electron chi connectivity index (χ0n) is 9.91. The maximum Gasteiger partial charge on any atom is 0.191 e. The van der Waals surface area contributed by atoms with Crippen LogP contribution in [0.5, 0.6) is 0 Å². The summed E-state index contributed by atoms with van der Waals surface area (Å²) in [5, 5.41) is 7.39. The Labute approximate surface area is 100.0 Å². The van der Waals surface area contributed by atoms with E-state index in [-0.39, 0.29) is 0 Å². The lowest BCUT2D eigenvalue weighted by Crippen LogP contribution is -2.38. The van der Waals surface area contributed by atoms with E-state index in [2.05, 4.69) is 20.6 Å². The van der Waals surface area contributed by atoms with Crippen LogP contribution in [0.1, 0.15) is 9.88 Å². The maximum atomic E-state index is 4.95. The Bertz CT molecular complexity index is 337. The van der Waals surface area contributed by atoms with Crippen molar-refractivity contribution in [2.75, 3.05) is 27.3 Å². The molecule has 1 aromatic heterocycles. The Morgan fingerprint density at radius 3 is 2.94 bits per heavy atom. The molecule has 6 heteroatoms. The fraction of sp³-hybridized carbons (Fsp3) is 0.600. The van der Waals surface area contributed by atoms with Crippen molar-refractivity contribution in [2.24, 2.45) is 4.99 Å². The summed E-state index contributed by atoms with van der Waals surface area (Å²) in [6, 6.07) is 0. The zero-order chi connectivity index (χ0) is 11.8. The summed E-state index contributed by atoms with van der Waals surface area (Å²) < 4.78 is 4.95. The molecule has 0 amide bonds. The molecule has 1 rings (SSSR count). The van der Waals surface area contributed by atoms with Crippen LogP contribution < -0.4 is 10.6 Å². The minimum atomic E-state index is 0.664. The van der Waals surface area contributed by atoms with Crippen molar-refractivity contribution in [2.45, 2.75) is 13.5 Å². The topological polar surface area (TPSA) is 58.5 Å². The van der Waals surface area contributed by atoms with E-state index in [1.807, 2.05) is 13.1 Å². The first-order valence-electron chi connectivity index (χ1n) is 5.11. The quantitative estimate of drug-likeness (QED) is 0.455. The lowest BCUT2D eigenvalue weighted by Gasteiger charge is -2.09. The molecule has 0 radical (unpaired) electrons. The van der Waals surface area contributed by atoms with Gasteiger partial charge in [-0.15, -0.1) is 11.3 Å². The van der Waals surface area contributed by atoms with Gasteiger partial charge in [0.25, 0.3) is 0 Å². The van der Waals surface area contributed by atoms with Crippen LogP contribution >= 0.6 is 11.3 Å². The highest BCUT2D eigenvalue weighted by Gasteiger charge is 2.00. The van der Waals surface area contributed by atoms with Crippen molar-refractivity contribution in [3.05, 3.63) is 16.1 Å². The normalized spacial score (nSPS) is 11.6. The van der Waals surface area contributed by atoms with Crippen LogP contribution in [-0.2, 0) is 11.3 Å². The number of guanidine groups is 1. The van der Waals surface area contributed by atoms with Crippen LogP contribution in [0.4, 0.5) is 0 Å². The number of methoxy groups -OCH3 is 1. The lowest BCUT2D eigenvalue weighted by molar-refractivity contribution is 0.203. The van der Waals surface area contributed by atoms with Gasteiger partial charge in [0, 0.05) is 31.8 Å². The first-order chi connectivity index (χ1) is 7.76. The Hall–Kier alpha value is -1.14. The molecular weight excluding hydrogens is 224 g/mol. The first kappa shape index (κ1) is 12.9. The standard InChI is InChI=1S/C10H18N4OS/c1-8-6-13-9(16-8)7-14-10(11-2)12-4-5-15-3/h6H,4-5,7H2,1-3H3,(H2,11,12,14). The number of nitrogens with one attached hydrogen (secondary N) is 2. The molecule has 0 bridgehead atoms. The number of aliphatic imine (C=N–C) groups is 1. The number of aromatic nitrogens is 1. The van der Waals surface area contributed by atoms with Crippen LogP contribution in [-0.4, -0.2) is 38.3 Å². The Balaban J connectivity index is 2.29. The molecule has 0 fully saturated rings. The predicted octanol–water partition coefficient (Wildman–Crippen LogP) is 0.763. The van der Waals surface area contributed by atoms with Crippen molar-refractivity contribution in [1.82, 2.24) is 15.6 Å². The van der Waals surface area contributed by atoms with Crippen LogP contribution in [0.2, 0.25) is 0 Å². The molecule has 0 spiro atoms. The monoisotopic (exact) mass is 242 g/mol. The van der Waals surface area contributed by atoms with E-state index < -0.39 is 0 Å². The second kappa shape index (κ2) is 7.19. The number of nitrogens with zero attached hydrogens (tertiary/aromatic N) is 2. The molecule has 0 aromatic carbocycles. The fourth-order valence-electron chi connectivity index (χ4n) is 1.13. The molecular formula is C10H18N4OS. The van der Waals surface area contributed by atoms with Gasteiger partial charge in [0.05, 0.1) is 13.2 Å². The third kappa shape index (κ3) is 4.59. The number of hydrogen-bond acceptors (Lipinski definition) is 4. The van der Waals surface area contributed by atoms with Gasteiger partial charge in [0.2, 0.25) is 0 Å². The molecule has 1 heterocycles. The fourth-order valence-corrected chi connectivity index (χ4v) is 1.86. The zero-order valence-corrected chi connectivity index (χ0v) is 10.7. The van der Waals surface area contributed by atoms with Crippen LogP contribution in [0.3, 0.4) is 0 Å². The third-order valence-electron chi connectivity index (χ3n) is 1.90. The van der Waals surface area contributed by atoms with Crippen molar-refractivity contribution in [1.29, 1.82) is 0 Å². The van der Waals surface area contributed by atoms with Gasteiger partial charge in [-0.2, -0.15) is 0 Å². The summed E-state index contributed by atoms with van der Waals surface area (Å²) in [6.07, 6.45) is 1.88. The molecule has 5 nitrogen and oxygen atoms in total. The second-order valence-corrected chi connectivity index (χ2v) is 4.53. The molecule has 1 aromatic rings. The Kier molecular flexibility index (Phi) is 5.81. The SMILES string of the molecule is CN=C(NCCOC)NCc1ncc(C)s1. The highest BCUT2D eigenvalue weighted by Crippen LogP contribution is 2.10. The number of rotatable bonds is 5. The van der Waals surface area contributed by atoms with E-state index in [9.17, 15) is 0 Å². The van der Waals surface area contributed by atoms with Gasteiger partial charge in [0.1, 0.15) is 5.01 Å². The molecule has 90 valence electrons. The minimum Gasteiger partial charge on any atom is -0.383 e. The van der Waals surface area contributed by atoms with E-state index in [1.165, 1.54) is 4.88 Å². The average molecular weight is 242 g/mol. The van der Waals surface area contributed by atoms with Gasteiger partial charge in [0.15, 0.2) is 5.96 Å². The summed E-state index contributed by atoms with van der Waals surface area (Å²) in [6.45, 7) is 4.15. The van der Waals surface area contributed by atoms with E-state index in [0.717, 1.165) is 17.5 Å². The molecule has 0 aliphatic carbocycles. The van der Waals surface area contributed by atoms with Crippen LogP contribution in [0, 0.1) is 6.92 Å². The number of ether oxygens (including phenoxy) is 1. The van der Waals surface area contributed by atoms with E-state index >= 15 is 0 Å².